The Bertz CT molecular complexity index is 289. The second-order valence-electron chi connectivity index (χ2n) is 3.20. The summed E-state index contributed by atoms with van der Waals surface area (Å²) in [5.41, 5.74) is 0.0480. The molecule has 1 aromatic rings. The van der Waals surface area contributed by atoms with Crippen LogP contribution in [-0.4, -0.2) is 11.7 Å². The van der Waals surface area contributed by atoms with Crippen LogP contribution in [0.25, 0.3) is 0 Å². The van der Waals surface area contributed by atoms with Gasteiger partial charge in [0.15, 0.2) is 0 Å². The summed E-state index contributed by atoms with van der Waals surface area (Å²) < 4.78 is 36.5. The maximum atomic E-state index is 12.2. The van der Waals surface area contributed by atoms with Gasteiger partial charge in [-0.2, -0.15) is 13.2 Å². The molecule has 1 aromatic carbocycles. The third kappa shape index (κ3) is 2.48. The number of benzene rings is 1. The van der Waals surface area contributed by atoms with Crippen LogP contribution in [0.2, 0.25) is 0 Å². The molecule has 0 spiro atoms. The van der Waals surface area contributed by atoms with E-state index in [1.165, 1.54) is 12.1 Å². The summed E-state index contributed by atoms with van der Waals surface area (Å²) in [6.45, 7) is 1.69. The third-order valence-electron chi connectivity index (χ3n) is 2.08. The van der Waals surface area contributed by atoms with E-state index >= 15 is 0 Å². The van der Waals surface area contributed by atoms with Crippen molar-refractivity contribution in [3.05, 3.63) is 35.4 Å². The zero-order valence-electron chi connectivity index (χ0n) is 7.67. The molecule has 0 amide bonds. The molecule has 1 nitrogen and oxygen atoms in total. The molecule has 1 atom stereocenters. The van der Waals surface area contributed by atoms with E-state index in [9.17, 15) is 13.2 Å². The van der Waals surface area contributed by atoms with Crippen molar-refractivity contribution < 1.29 is 18.3 Å². The quantitative estimate of drug-likeness (QED) is 0.785. The van der Waals surface area contributed by atoms with E-state index < -0.39 is 11.7 Å². The Morgan fingerprint density at radius 2 is 1.71 bits per heavy atom. The molecule has 0 fully saturated rings. The molecule has 0 unspecified atom stereocenters. The van der Waals surface area contributed by atoms with Crippen molar-refractivity contribution in [3.63, 3.8) is 0 Å². The van der Waals surface area contributed by atoms with Gasteiger partial charge in [-0.05, 0) is 17.7 Å². The number of hydrogen-bond donors (Lipinski definition) is 1. The smallest absolute Gasteiger partial charge is 0.396 e. The van der Waals surface area contributed by atoms with Gasteiger partial charge >= 0.3 is 6.18 Å². The number of aliphatic hydroxyl groups excluding tert-OH is 1. The SMILES string of the molecule is C[C@@H](CO)c1ccc(C(F)(F)F)cc1. The molecule has 78 valence electrons. The van der Waals surface area contributed by atoms with Crippen LogP contribution in [0.4, 0.5) is 13.2 Å². The Kier molecular flexibility index (Phi) is 3.16. The minimum atomic E-state index is -4.29. The molecular formula is C10H11F3O. The lowest BCUT2D eigenvalue weighted by Gasteiger charge is -2.10. The number of halogens is 3. The largest absolute Gasteiger partial charge is 0.416 e. The van der Waals surface area contributed by atoms with Crippen molar-refractivity contribution in [2.24, 2.45) is 0 Å². The first-order chi connectivity index (χ1) is 6.45. The molecule has 0 radical (unpaired) electrons. The predicted octanol–water partition coefficient (Wildman–Crippen LogP) is 2.80. The highest BCUT2D eigenvalue weighted by Gasteiger charge is 2.30. The van der Waals surface area contributed by atoms with Crippen molar-refractivity contribution in [1.29, 1.82) is 0 Å². The highest BCUT2D eigenvalue weighted by atomic mass is 19.4. The number of hydrogen-bond acceptors (Lipinski definition) is 1. The molecule has 0 aromatic heterocycles. The lowest BCUT2D eigenvalue weighted by molar-refractivity contribution is -0.137. The normalized spacial score (nSPS) is 14.1. The fourth-order valence-corrected chi connectivity index (χ4v) is 1.11. The van der Waals surface area contributed by atoms with Gasteiger partial charge < -0.3 is 5.11 Å². The highest BCUT2D eigenvalue weighted by molar-refractivity contribution is 5.26. The molecular weight excluding hydrogens is 193 g/mol. The highest BCUT2D eigenvalue weighted by Crippen LogP contribution is 2.29. The van der Waals surface area contributed by atoms with Crippen LogP contribution in [0.3, 0.4) is 0 Å². The average molecular weight is 204 g/mol. The third-order valence-corrected chi connectivity index (χ3v) is 2.08. The first kappa shape index (κ1) is 11.0. The Morgan fingerprint density at radius 3 is 2.07 bits per heavy atom. The van der Waals surface area contributed by atoms with Crippen LogP contribution in [0.15, 0.2) is 24.3 Å². The van der Waals surface area contributed by atoms with Crippen LogP contribution in [0.5, 0.6) is 0 Å². The topological polar surface area (TPSA) is 20.2 Å². The molecule has 14 heavy (non-hydrogen) atoms. The fraction of sp³-hybridized carbons (Fsp3) is 0.400. The van der Waals surface area contributed by atoms with Gasteiger partial charge in [-0.25, -0.2) is 0 Å². The van der Waals surface area contributed by atoms with E-state index in [1.54, 1.807) is 6.92 Å². The van der Waals surface area contributed by atoms with Crippen LogP contribution in [-0.2, 0) is 6.18 Å². The monoisotopic (exact) mass is 204 g/mol. The average Bonchev–Trinajstić information content (AvgIpc) is 2.15. The van der Waals surface area contributed by atoms with Gasteiger partial charge in [-0.15, -0.1) is 0 Å². The van der Waals surface area contributed by atoms with Crippen LogP contribution in [0.1, 0.15) is 24.0 Å². The van der Waals surface area contributed by atoms with Crippen molar-refractivity contribution in [2.75, 3.05) is 6.61 Å². The van der Waals surface area contributed by atoms with Crippen LogP contribution >= 0.6 is 0 Å². The van der Waals surface area contributed by atoms with Crippen molar-refractivity contribution in [1.82, 2.24) is 0 Å². The van der Waals surface area contributed by atoms with E-state index in [2.05, 4.69) is 0 Å². The molecule has 0 aliphatic carbocycles. The second-order valence-corrected chi connectivity index (χ2v) is 3.20. The van der Waals surface area contributed by atoms with Gasteiger partial charge in [-0.1, -0.05) is 19.1 Å². The predicted molar refractivity (Wildman–Crippen MR) is 46.9 cm³/mol. The van der Waals surface area contributed by atoms with Gasteiger partial charge in [0, 0.05) is 12.5 Å². The summed E-state index contributed by atoms with van der Waals surface area (Å²) in [4.78, 5) is 0. The Morgan fingerprint density at radius 1 is 1.21 bits per heavy atom. The lowest BCUT2D eigenvalue weighted by atomic mass is 10.0. The molecule has 1 rings (SSSR count). The molecule has 0 aliphatic rings. The summed E-state index contributed by atoms with van der Waals surface area (Å²) in [6.07, 6.45) is -4.29. The summed E-state index contributed by atoms with van der Waals surface area (Å²) >= 11 is 0. The van der Waals surface area contributed by atoms with Gasteiger partial charge in [-0.3, -0.25) is 0 Å². The van der Waals surface area contributed by atoms with Crippen molar-refractivity contribution in [2.45, 2.75) is 19.0 Å². The summed E-state index contributed by atoms with van der Waals surface area (Å²) in [5.74, 6) is -0.128. The molecule has 0 saturated heterocycles. The molecule has 1 N–H and O–H groups in total. The Labute approximate surface area is 80.2 Å². The number of rotatable bonds is 2. The maximum Gasteiger partial charge on any atom is 0.416 e. The van der Waals surface area contributed by atoms with Crippen LogP contribution < -0.4 is 0 Å². The molecule has 0 saturated carbocycles. The molecule has 0 bridgehead atoms. The molecule has 4 heteroatoms. The van der Waals surface area contributed by atoms with Crippen LogP contribution in [0, 0.1) is 0 Å². The first-order valence-corrected chi connectivity index (χ1v) is 4.23. The zero-order chi connectivity index (χ0) is 10.8. The van der Waals surface area contributed by atoms with Gasteiger partial charge in [0.2, 0.25) is 0 Å². The maximum absolute atomic E-state index is 12.2. The summed E-state index contributed by atoms with van der Waals surface area (Å²) in [6, 6.07) is 4.84. The first-order valence-electron chi connectivity index (χ1n) is 4.23. The molecule has 0 heterocycles. The van der Waals surface area contributed by atoms with Crippen molar-refractivity contribution >= 4 is 0 Å². The van der Waals surface area contributed by atoms with Gasteiger partial charge in [0.1, 0.15) is 0 Å². The number of aliphatic hydroxyl groups is 1. The minimum absolute atomic E-state index is 0.0641. The summed E-state index contributed by atoms with van der Waals surface area (Å²) in [7, 11) is 0. The van der Waals surface area contributed by atoms with Gasteiger partial charge in [0.25, 0.3) is 0 Å². The van der Waals surface area contributed by atoms with E-state index in [-0.39, 0.29) is 12.5 Å². The Hall–Kier alpha value is -1.03. The Balaban J connectivity index is 2.89. The van der Waals surface area contributed by atoms with Gasteiger partial charge in [0.05, 0.1) is 5.56 Å². The fourth-order valence-electron chi connectivity index (χ4n) is 1.11. The second kappa shape index (κ2) is 4.00. The van der Waals surface area contributed by atoms with E-state index in [1.807, 2.05) is 0 Å². The minimum Gasteiger partial charge on any atom is -0.396 e. The van der Waals surface area contributed by atoms with Crippen molar-refractivity contribution in [3.8, 4) is 0 Å². The van der Waals surface area contributed by atoms with E-state index in [0.29, 0.717) is 5.56 Å². The van der Waals surface area contributed by atoms with E-state index in [0.717, 1.165) is 12.1 Å². The van der Waals surface area contributed by atoms with E-state index in [4.69, 9.17) is 5.11 Å². The molecule has 0 aliphatic heterocycles. The number of alkyl halides is 3. The summed E-state index contributed by atoms with van der Waals surface area (Å²) in [5, 5.41) is 8.80. The lowest BCUT2D eigenvalue weighted by Crippen LogP contribution is -2.05. The zero-order valence-corrected chi connectivity index (χ0v) is 7.67. The standard InChI is InChI=1S/C10H11F3O/c1-7(6-14)8-2-4-9(5-3-8)10(11,12)13/h2-5,7,14H,6H2,1H3/t7-/m0/s1.